The fourth-order valence-electron chi connectivity index (χ4n) is 1.78. The predicted octanol–water partition coefficient (Wildman–Crippen LogP) is 6.63. The number of benzene rings is 2. The molecule has 0 unspecified atom stereocenters. The molecule has 0 saturated carbocycles. The summed E-state index contributed by atoms with van der Waals surface area (Å²) in [6.07, 6.45) is 1.87. The Bertz CT molecular complexity index is 779. The second kappa shape index (κ2) is 11.2. The van der Waals surface area contributed by atoms with Crippen LogP contribution < -0.4 is 0 Å². The largest absolute Gasteiger partial charge is 0.291 e. The fraction of sp³-hybridized carbons (Fsp3) is 0.211. The van der Waals surface area contributed by atoms with Gasteiger partial charge in [0.05, 0.1) is 5.71 Å². The molecule has 2 aromatic rings. The van der Waals surface area contributed by atoms with E-state index in [0.29, 0.717) is 5.69 Å². The van der Waals surface area contributed by atoms with Crippen LogP contribution in [0.2, 0.25) is 0 Å². The van der Waals surface area contributed by atoms with Crippen LogP contribution in [0.1, 0.15) is 19.4 Å². The van der Waals surface area contributed by atoms with Gasteiger partial charge in [0.15, 0.2) is 0 Å². The summed E-state index contributed by atoms with van der Waals surface area (Å²) >= 11 is 12.7. The number of aryl methyl sites for hydroxylation is 1. The highest BCUT2D eigenvalue weighted by Crippen LogP contribution is 2.26. The Morgan fingerprint density at radius 2 is 1.68 bits per heavy atom. The molecule has 0 amide bonds. The van der Waals surface area contributed by atoms with Crippen molar-refractivity contribution in [2.75, 3.05) is 7.05 Å². The minimum atomic E-state index is 0.698. The average molecular weight is 390 g/mol. The molecule has 0 aliphatic rings. The van der Waals surface area contributed by atoms with Crippen LogP contribution in [-0.2, 0) is 0 Å². The van der Waals surface area contributed by atoms with E-state index in [-0.39, 0.29) is 0 Å². The van der Waals surface area contributed by atoms with Gasteiger partial charge in [0.1, 0.15) is 11.4 Å². The highest BCUT2D eigenvalue weighted by Gasteiger charge is 2.00. The van der Waals surface area contributed by atoms with Gasteiger partial charge in [-0.1, -0.05) is 23.8 Å². The quantitative estimate of drug-likeness (QED) is 0.299. The molecule has 0 fully saturated rings. The molecule has 0 N–H and O–H groups in total. The Kier molecular flexibility index (Phi) is 9.63. The zero-order valence-corrected chi connectivity index (χ0v) is 17.5. The van der Waals surface area contributed by atoms with E-state index in [1.54, 1.807) is 7.05 Å². The molecule has 0 aliphatic heterocycles. The molecule has 0 bridgehead atoms. The van der Waals surface area contributed by atoms with Gasteiger partial charge in [-0.25, -0.2) is 0 Å². The minimum absolute atomic E-state index is 0.698. The first kappa shape index (κ1) is 21.5. The molecule has 0 radical (unpaired) electrons. The second-order valence-electron chi connectivity index (χ2n) is 5.19. The summed E-state index contributed by atoms with van der Waals surface area (Å²) in [5.74, 6) is 0. The van der Waals surface area contributed by atoms with E-state index >= 15 is 0 Å². The van der Waals surface area contributed by atoms with E-state index in [1.807, 2.05) is 56.3 Å². The molecule has 0 heterocycles. The van der Waals surface area contributed by atoms with Gasteiger partial charge >= 0.3 is 0 Å². The molecule has 2 rings (SSSR count). The Morgan fingerprint density at radius 3 is 2.20 bits per heavy atom. The van der Waals surface area contributed by atoms with E-state index in [4.69, 9.17) is 0 Å². The third kappa shape index (κ3) is 7.94. The average Bonchev–Trinajstić information content (AvgIpc) is 2.58. The molecular formula is C19H23N3S3. The van der Waals surface area contributed by atoms with Crippen molar-refractivity contribution in [1.82, 2.24) is 0 Å². The Balaban J connectivity index is 0.000000324. The van der Waals surface area contributed by atoms with Gasteiger partial charge in [-0.2, -0.15) is 0 Å². The second-order valence-corrected chi connectivity index (χ2v) is 6.71. The van der Waals surface area contributed by atoms with Crippen LogP contribution in [-0.4, -0.2) is 12.8 Å². The van der Waals surface area contributed by atoms with Crippen LogP contribution in [0, 0.1) is 6.92 Å². The van der Waals surface area contributed by atoms with Crippen molar-refractivity contribution in [1.29, 1.82) is 0 Å². The van der Waals surface area contributed by atoms with Gasteiger partial charge in [-0.3, -0.25) is 4.99 Å². The summed E-state index contributed by atoms with van der Waals surface area (Å²) < 4.78 is 0. The molecule has 0 spiro atoms. The van der Waals surface area contributed by atoms with Gasteiger partial charge in [-0.15, -0.1) is 48.1 Å². The number of azo groups is 1. The lowest BCUT2D eigenvalue weighted by Crippen LogP contribution is -1.92. The molecule has 0 atom stereocenters. The smallest absolute Gasteiger partial charge is 0.102 e. The normalized spacial score (nSPS) is 12.1. The van der Waals surface area contributed by atoms with Crippen molar-refractivity contribution in [3.8, 4) is 0 Å². The number of aliphatic imine (C=N–C) groups is 1. The Hall–Kier alpha value is -1.50. The van der Waals surface area contributed by atoms with Gasteiger partial charge in [0.25, 0.3) is 0 Å². The van der Waals surface area contributed by atoms with Crippen molar-refractivity contribution in [3.63, 3.8) is 0 Å². The van der Waals surface area contributed by atoms with Crippen LogP contribution >= 0.6 is 37.9 Å². The van der Waals surface area contributed by atoms with Crippen molar-refractivity contribution >= 4 is 49.3 Å². The first-order chi connectivity index (χ1) is 11.9. The first-order valence-electron chi connectivity index (χ1n) is 7.66. The minimum Gasteiger partial charge on any atom is -0.291 e. The third-order valence-electron chi connectivity index (χ3n) is 3.21. The Labute approximate surface area is 166 Å². The molecule has 0 aliphatic carbocycles. The summed E-state index contributed by atoms with van der Waals surface area (Å²) in [5, 5.41) is 8.32. The molecule has 0 saturated heterocycles. The molecule has 3 nitrogen and oxygen atoms in total. The van der Waals surface area contributed by atoms with Crippen molar-refractivity contribution < 1.29 is 0 Å². The van der Waals surface area contributed by atoms with Crippen LogP contribution in [0.5, 0.6) is 0 Å². The number of rotatable bonds is 3. The number of nitrogens with zero attached hydrogens (tertiary/aromatic N) is 3. The van der Waals surface area contributed by atoms with Crippen LogP contribution in [0.15, 0.2) is 84.1 Å². The maximum Gasteiger partial charge on any atom is 0.102 e. The van der Waals surface area contributed by atoms with E-state index in [1.165, 1.54) is 5.56 Å². The maximum atomic E-state index is 4.31. The highest BCUT2D eigenvalue weighted by molar-refractivity contribution is 7.81. The number of hydrogen-bond donors (Lipinski definition) is 3. The summed E-state index contributed by atoms with van der Waals surface area (Å²) in [5.41, 5.74) is 3.56. The third-order valence-corrected chi connectivity index (χ3v) is 4.14. The number of thiol groups is 3. The molecule has 6 heteroatoms. The first-order valence-corrected chi connectivity index (χ1v) is 9.01. The lowest BCUT2D eigenvalue weighted by molar-refractivity contribution is 1.14. The predicted molar refractivity (Wildman–Crippen MR) is 117 cm³/mol. The van der Waals surface area contributed by atoms with Crippen molar-refractivity contribution in [3.05, 3.63) is 59.8 Å². The van der Waals surface area contributed by atoms with Gasteiger partial charge < -0.3 is 0 Å². The number of hydrogen-bond acceptors (Lipinski definition) is 6. The lowest BCUT2D eigenvalue weighted by atomic mass is 10.2. The molecule has 25 heavy (non-hydrogen) atoms. The molecule has 2 aromatic carbocycles. The molecule has 132 valence electrons. The SMILES string of the molecule is C/C=C(/N=Nc1cc(S)ccc1S)C(C)=NC.Cc1cccc(S)c1. The van der Waals surface area contributed by atoms with Gasteiger partial charge in [-0.05, 0) is 51.1 Å². The zero-order valence-electron chi connectivity index (χ0n) is 14.8. The zero-order chi connectivity index (χ0) is 18.8. The van der Waals surface area contributed by atoms with E-state index < -0.39 is 0 Å². The fourth-order valence-corrected chi connectivity index (χ4v) is 2.45. The molecular weight excluding hydrogens is 366 g/mol. The summed E-state index contributed by atoms with van der Waals surface area (Å²) in [6.45, 7) is 5.85. The standard InChI is InChI=1S/C12H15N3S2.C7H8S/c1-4-10(8(2)13-3)14-15-11-7-9(16)5-6-12(11)17;1-6-3-2-4-7(8)5-6/h4-7,16-17H,1-3H3;2-5,8H,1H3/b10-4+,13-8?,15-14?;. The monoisotopic (exact) mass is 389 g/mol. The summed E-state index contributed by atoms with van der Waals surface area (Å²) in [4.78, 5) is 6.71. The van der Waals surface area contributed by atoms with Crippen molar-refractivity contribution in [2.45, 2.75) is 35.5 Å². The van der Waals surface area contributed by atoms with Gasteiger partial charge in [0, 0.05) is 21.7 Å². The van der Waals surface area contributed by atoms with Crippen LogP contribution in [0.3, 0.4) is 0 Å². The van der Waals surface area contributed by atoms with E-state index in [9.17, 15) is 0 Å². The Morgan fingerprint density at radius 1 is 1.00 bits per heavy atom. The van der Waals surface area contributed by atoms with Crippen molar-refractivity contribution in [2.24, 2.45) is 15.2 Å². The molecule has 0 aromatic heterocycles. The lowest BCUT2D eigenvalue weighted by Gasteiger charge is -2.00. The van der Waals surface area contributed by atoms with Crippen LogP contribution in [0.25, 0.3) is 0 Å². The maximum absolute atomic E-state index is 4.31. The topological polar surface area (TPSA) is 37.1 Å². The van der Waals surface area contributed by atoms with E-state index in [0.717, 1.165) is 26.1 Å². The highest BCUT2D eigenvalue weighted by atomic mass is 32.1. The van der Waals surface area contributed by atoms with E-state index in [2.05, 4.69) is 66.1 Å². The summed E-state index contributed by atoms with van der Waals surface area (Å²) in [7, 11) is 1.73. The van der Waals surface area contributed by atoms with Gasteiger partial charge in [0.2, 0.25) is 0 Å². The van der Waals surface area contributed by atoms with Crippen LogP contribution in [0.4, 0.5) is 5.69 Å². The summed E-state index contributed by atoms with van der Waals surface area (Å²) in [6, 6.07) is 13.6. The number of allylic oxidation sites excluding steroid dienone is 2.